The lowest BCUT2D eigenvalue weighted by Gasteiger charge is -2.35. The zero-order chi connectivity index (χ0) is 12.6. The minimum Gasteiger partial charge on any atom is -0.422 e. The minimum atomic E-state index is -1.13. The molecule has 2 atom stereocenters. The summed E-state index contributed by atoms with van der Waals surface area (Å²) in [6.45, 7) is 6.90. The molecule has 2 aliphatic rings. The molecule has 1 aliphatic carbocycles. The quantitative estimate of drug-likeness (QED) is 0.419. The Hall–Kier alpha value is -1.32. The Morgan fingerprint density at radius 3 is 2.35 bits per heavy atom. The van der Waals surface area contributed by atoms with E-state index in [1.54, 1.807) is 13.8 Å². The first-order chi connectivity index (χ1) is 7.94. The van der Waals surface area contributed by atoms with Crippen LogP contribution >= 0.6 is 0 Å². The summed E-state index contributed by atoms with van der Waals surface area (Å²) in [6.07, 6.45) is 4.68. The molecule has 4 nitrogen and oxygen atoms in total. The second kappa shape index (κ2) is 4.17. The number of hydrogen-bond donors (Lipinski definition) is 0. The highest BCUT2D eigenvalue weighted by molar-refractivity contribution is 5.97. The van der Waals surface area contributed by atoms with E-state index >= 15 is 0 Å². The number of ether oxygens (including phenoxy) is 2. The first kappa shape index (κ1) is 12.1. The summed E-state index contributed by atoms with van der Waals surface area (Å²) in [5.41, 5.74) is 0. The molecule has 1 heterocycles. The van der Waals surface area contributed by atoms with E-state index in [0.717, 1.165) is 19.3 Å². The standard InChI is InChI=1S/C13H18O4/c1-4-8-6-5-7-9(8)10-11(14)16-13(2,3)17-12(10)15/h4,8-10H,1,5-7H2,2-3H3/t8-,9-/m0/s1. The Labute approximate surface area is 101 Å². The zero-order valence-electron chi connectivity index (χ0n) is 10.3. The summed E-state index contributed by atoms with van der Waals surface area (Å²) in [5.74, 6) is -2.61. The van der Waals surface area contributed by atoms with Crippen LogP contribution in [0.4, 0.5) is 0 Å². The fourth-order valence-corrected chi connectivity index (χ4v) is 2.80. The van der Waals surface area contributed by atoms with E-state index in [0.29, 0.717) is 0 Å². The molecule has 2 rings (SSSR count). The highest BCUT2D eigenvalue weighted by atomic mass is 16.7. The summed E-state index contributed by atoms with van der Waals surface area (Å²) in [4.78, 5) is 23.8. The summed E-state index contributed by atoms with van der Waals surface area (Å²) < 4.78 is 10.3. The summed E-state index contributed by atoms with van der Waals surface area (Å²) in [5, 5.41) is 0. The van der Waals surface area contributed by atoms with Gasteiger partial charge in [0.1, 0.15) is 0 Å². The van der Waals surface area contributed by atoms with Gasteiger partial charge in [-0.2, -0.15) is 0 Å². The second-order valence-electron chi connectivity index (χ2n) is 5.21. The van der Waals surface area contributed by atoms with Crippen molar-refractivity contribution in [1.29, 1.82) is 0 Å². The molecule has 0 N–H and O–H groups in total. The number of esters is 2. The van der Waals surface area contributed by atoms with Crippen LogP contribution in [-0.2, 0) is 19.1 Å². The number of rotatable bonds is 2. The molecule has 1 saturated carbocycles. The van der Waals surface area contributed by atoms with Crippen LogP contribution in [0, 0.1) is 17.8 Å². The van der Waals surface area contributed by atoms with Crippen LogP contribution in [0.1, 0.15) is 33.1 Å². The van der Waals surface area contributed by atoms with Crippen molar-refractivity contribution in [2.24, 2.45) is 17.8 Å². The fraction of sp³-hybridized carbons (Fsp3) is 0.692. The molecule has 94 valence electrons. The minimum absolute atomic E-state index is 0.0106. The van der Waals surface area contributed by atoms with Gasteiger partial charge in [0.15, 0.2) is 5.92 Å². The van der Waals surface area contributed by atoms with Crippen LogP contribution in [0.15, 0.2) is 12.7 Å². The molecular weight excluding hydrogens is 220 g/mol. The summed E-state index contributed by atoms with van der Waals surface area (Å²) in [7, 11) is 0. The highest BCUT2D eigenvalue weighted by Crippen LogP contribution is 2.41. The second-order valence-corrected chi connectivity index (χ2v) is 5.21. The molecular formula is C13H18O4. The first-order valence-electron chi connectivity index (χ1n) is 6.03. The first-order valence-corrected chi connectivity index (χ1v) is 6.03. The molecule has 0 amide bonds. The molecule has 17 heavy (non-hydrogen) atoms. The van der Waals surface area contributed by atoms with Crippen LogP contribution in [0.3, 0.4) is 0 Å². The van der Waals surface area contributed by atoms with Crippen LogP contribution in [0.25, 0.3) is 0 Å². The molecule has 0 bridgehead atoms. The number of carbonyl (C=O) groups is 2. The van der Waals surface area contributed by atoms with E-state index in [1.807, 2.05) is 6.08 Å². The average Bonchev–Trinajstić information content (AvgIpc) is 2.62. The van der Waals surface area contributed by atoms with Crippen LogP contribution in [0.5, 0.6) is 0 Å². The molecule has 1 saturated heterocycles. The predicted octanol–water partition coefficient (Wildman–Crippen LogP) is 2.04. The maximum atomic E-state index is 11.9. The van der Waals surface area contributed by atoms with Crippen molar-refractivity contribution in [2.75, 3.05) is 0 Å². The molecule has 0 spiro atoms. The number of hydrogen-bond acceptors (Lipinski definition) is 4. The van der Waals surface area contributed by atoms with Crippen molar-refractivity contribution in [3.63, 3.8) is 0 Å². The van der Waals surface area contributed by atoms with E-state index in [1.165, 1.54) is 0 Å². The Bertz CT molecular complexity index is 338. The third kappa shape index (κ3) is 2.21. The van der Waals surface area contributed by atoms with Gasteiger partial charge in [-0.1, -0.05) is 12.5 Å². The van der Waals surface area contributed by atoms with Gasteiger partial charge >= 0.3 is 11.9 Å². The fourth-order valence-electron chi connectivity index (χ4n) is 2.80. The molecule has 0 unspecified atom stereocenters. The van der Waals surface area contributed by atoms with Gasteiger partial charge in [0.2, 0.25) is 0 Å². The van der Waals surface area contributed by atoms with Crippen LogP contribution in [0.2, 0.25) is 0 Å². The molecule has 4 heteroatoms. The lowest BCUT2D eigenvalue weighted by molar-refractivity contribution is -0.243. The van der Waals surface area contributed by atoms with Crippen molar-refractivity contribution in [2.45, 2.75) is 38.9 Å². The van der Waals surface area contributed by atoms with Gasteiger partial charge in [-0.15, -0.1) is 6.58 Å². The van der Waals surface area contributed by atoms with E-state index in [-0.39, 0.29) is 11.8 Å². The van der Waals surface area contributed by atoms with Crippen LogP contribution in [-0.4, -0.2) is 17.7 Å². The largest absolute Gasteiger partial charge is 0.422 e. The normalized spacial score (nSPS) is 33.1. The lowest BCUT2D eigenvalue weighted by Crippen LogP contribution is -2.49. The van der Waals surface area contributed by atoms with Gasteiger partial charge in [0, 0.05) is 13.8 Å². The van der Waals surface area contributed by atoms with Gasteiger partial charge in [0.25, 0.3) is 5.79 Å². The van der Waals surface area contributed by atoms with E-state index in [9.17, 15) is 9.59 Å². The molecule has 0 radical (unpaired) electrons. The van der Waals surface area contributed by atoms with Gasteiger partial charge < -0.3 is 9.47 Å². The van der Waals surface area contributed by atoms with Gasteiger partial charge in [-0.25, -0.2) is 0 Å². The monoisotopic (exact) mass is 238 g/mol. The molecule has 0 aromatic heterocycles. The van der Waals surface area contributed by atoms with E-state index < -0.39 is 23.6 Å². The maximum absolute atomic E-state index is 11.9. The van der Waals surface area contributed by atoms with Gasteiger partial charge in [-0.05, 0) is 24.7 Å². The average molecular weight is 238 g/mol. The van der Waals surface area contributed by atoms with Crippen LogP contribution < -0.4 is 0 Å². The Morgan fingerprint density at radius 2 is 1.82 bits per heavy atom. The van der Waals surface area contributed by atoms with Crippen molar-refractivity contribution >= 4 is 11.9 Å². The highest BCUT2D eigenvalue weighted by Gasteiger charge is 2.49. The van der Waals surface area contributed by atoms with Crippen molar-refractivity contribution in [1.82, 2.24) is 0 Å². The lowest BCUT2D eigenvalue weighted by atomic mass is 9.83. The number of cyclic esters (lactones) is 2. The summed E-state index contributed by atoms with van der Waals surface area (Å²) >= 11 is 0. The third-order valence-electron chi connectivity index (χ3n) is 3.56. The van der Waals surface area contributed by atoms with Gasteiger partial charge in [0.05, 0.1) is 0 Å². The molecule has 0 aromatic carbocycles. The Balaban J connectivity index is 2.18. The Morgan fingerprint density at radius 1 is 1.24 bits per heavy atom. The third-order valence-corrected chi connectivity index (χ3v) is 3.56. The smallest absolute Gasteiger partial charge is 0.323 e. The topological polar surface area (TPSA) is 52.6 Å². The van der Waals surface area contributed by atoms with Crippen molar-refractivity contribution in [3.05, 3.63) is 12.7 Å². The van der Waals surface area contributed by atoms with Crippen molar-refractivity contribution in [3.8, 4) is 0 Å². The predicted molar refractivity (Wildman–Crippen MR) is 60.8 cm³/mol. The molecule has 1 aliphatic heterocycles. The Kier molecular flexibility index (Phi) is 2.98. The summed E-state index contributed by atoms with van der Waals surface area (Å²) in [6, 6.07) is 0. The van der Waals surface area contributed by atoms with Gasteiger partial charge in [-0.3, -0.25) is 9.59 Å². The van der Waals surface area contributed by atoms with Crippen molar-refractivity contribution < 1.29 is 19.1 Å². The SMILES string of the molecule is C=C[C@H]1CCC[C@@H]1C1C(=O)OC(C)(C)OC1=O. The van der Waals surface area contributed by atoms with E-state index in [4.69, 9.17) is 9.47 Å². The molecule has 0 aromatic rings. The number of allylic oxidation sites excluding steroid dienone is 1. The maximum Gasteiger partial charge on any atom is 0.323 e. The number of carbonyl (C=O) groups excluding carboxylic acids is 2. The zero-order valence-corrected chi connectivity index (χ0v) is 10.3. The molecule has 2 fully saturated rings. The van der Waals surface area contributed by atoms with E-state index in [2.05, 4.69) is 6.58 Å².